The number of nitrogens with one attached hydrogen (secondary N) is 1. The third-order valence-corrected chi connectivity index (χ3v) is 3.90. The minimum atomic E-state index is 0.474. The van der Waals surface area contributed by atoms with Gasteiger partial charge < -0.3 is 14.8 Å². The van der Waals surface area contributed by atoms with E-state index in [0.29, 0.717) is 42.0 Å². The van der Waals surface area contributed by atoms with Crippen molar-refractivity contribution in [2.75, 3.05) is 11.9 Å². The molecule has 0 unspecified atom stereocenters. The van der Waals surface area contributed by atoms with Gasteiger partial charge >= 0.3 is 0 Å². The summed E-state index contributed by atoms with van der Waals surface area (Å²) in [7, 11) is 0. The van der Waals surface area contributed by atoms with Crippen LogP contribution in [-0.2, 0) is 6.54 Å². The summed E-state index contributed by atoms with van der Waals surface area (Å²) in [6.45, 7) is 3.16. The predicted octanol–water partition coefficient (Wildman–Crippen LogP) is 3.11. The highest BCUT2D eigenvalue weighted by atomic mass is 16.5. The Labute approximate surface area is 161 Å². The lowest BCUT2D eigenvalue weighted by Crippen LogP contribution is -2.06. The van der Waals surface area contributed by atoms with Gasteiger partial charge in [0, 0.05) is 18.3 Å². The molecular weight excluding hydrogens is 358 g/mol. The van der Waals surface area contributed by atoms with Crippen LogP contribution in [0.3, 0.4) is 0 Å². The Morgan fingerprint density at radius 1 is 1.04 bits per heavy atom. The Morgan fingerprint density at radius 2 is 1.93 bits per heavy atom. The Kier molecular flexibility index (Phi) is 5.23. The molecule has 3 heterocycles. The molecule has 0 spiro atoms. The van der Waals surface area contributed by atoms with E-state index in [1.807, 2.05) is 42.5 Å². The van der Waals surface area contributed by atoms with Gasteiger partial charge in [-0.15, -0.1) is 14.8 Å². The second-order valence-corrected chi connectivity index (χ2v) is 5.96. The lowest BCUT2D eigenvalue weighted by molar-refractivity contribution is 0.300. The highest BCUT2D eigenvalue weighted by molar-refractivity contribution is 5.45. The highest BCUT2D eigenvalue weighted by Gasteiger charge is 2.11. The molecule has 0 aliphatic carbocycles. The average molecular weight is 377 g/mol. The molecule has 0 radical (unpaired) electrons. The summed E-state index contributed by atoms with van der Waals surface area (Å²) >= 11 is 0. The zero-order valence-corrected chi connectivity index (χ0v) is 15.3. The first-order chi connectivity index (χ1) is 13.8. The maximum atomic E-state index is 6.05. The van der Waals surface area contributed by atoms with Gasteiger partial charge in [-0.05, 0) is 47.2 Å². The van der Waals surface area contributed by atoms with Crippen LogP contribution in [0.2, 0.25) is 0 Å². The van der Waals surface area contributed by atoms with E-state index >= 15 is 0 Å². The number of rotatable bonds is 8. The normalized spacial score (nSPS) is 10.8. The molecule has 0 aliphatic heterocycles. The fourth-order valence-corrected chi connectivity index (χ4v) is 2.55. The smallest absolute Gasteiger partial charge is 0.224 e. The summed E-state index contributed by atoms with van der Waals surface area (Å²) in [5.41, 5.74) is 1.46. The molecule has 0 saturated heterocycles. The number of para-hydroxylation sites is 2. The van der Waals surface area contributed by atoms with Crippen LogP contribution in [0.1, 0.15) is 18.9 Å². The molecule has 1 N–H and O–H groups in total. The van der Waals surface area contributed by atoms with E-state index in [0.717, 1.165) is 12.0 Å². The molecule has 1 aromatic carbocycles. The summed E-state index contributed by atoms with van der Waals surface area (Å²) in [6.07, 6.45) is 2.62. The molecule has 142 valence electrons. The first-order valence-electron chi connectivity index (χ1n) is 8.96. The second kappa shape index (κ2) is 8.30. The van der Waals surface area contributed by atoms with Crippen LogP contribution < -0.4 is 14.8 Å². The van der Waals surface area contributed by atoms with Gasteiger partial charge in [0.05, 0.1) is 6.61 Å². The van der Waals surface area contributed by atoms with Crippen LogP contribution in [0.25, 0.3) is 5.65 Å². The number of aromatic nitrogens is 6. The van der Waals surface area contributed by atoms with E-state index in [1.54, 1.807) is 12.3 Å². The van der Waals surface area contributed by atoms with Crippen molar-refractivity contribution >= 4 is 11.5 Å². The van der Waals surface area contributed by atoms with Crippen LogP contribution in [0.5, 0.6) is 17.4 Å². The Balaban J connectivity index is 1.51. The molecule has 4 rings (SSSR count). The van der Waals surface area contributed by atoms with Crippen LogP contribution in [0, 0.1) is 0 Å². The largest absolute Gasteiger partial charge is 0.490 e. The lowest BCUT2D eigenvalue weighted by Gasteiger charge is -2.14. The van der Waals surface area contributed by atoms with Gasteiger partial charge in [0.2, 0.25) is 5.88 Å². The second-order valence-electron chi connectivity index (χ2n) is 5.96. The van der Waals surface area contributed by atoms with Crippen LogP contribution in [0.4, 0.5) is 5.82 Å². The number of anilines is 1. The number of ether oxygens (including phenoxy) is 2. The number of hydrogen-bond acceptors (Lipinski definition) is 8. The molecule has 0 atom stereocenters. The van der Waals surface area contributed by atoms with E-state index in [9.17, 15) is 0 Å². The molecule has 0 aliphatic rings. The van der Waals surface area contributed by atoms with E-state index in [2.05, 4.69) is 37.8 Å². The topological polar surface area (TPSA) is 99.3 Å². The van der Waals surface area contributed by atoms with Crippen molar-refractivity contribution in [1.29, 1.82) is 0 Å². The monoisotopic (exact) mass is 377 g/mol. The van der Waals surface area contributed by atoms with Crippen molar-refractivity contribution in [3.63, 3.8) is 0 Å². The van der Waals surface area contributed by atoms with Gasteiger partial charge in [-0.2, -0.15) is 0 Å². The first-order valence-corrected chi connectivity index (χ1v) is 8.96. The van der Waals surface area contributed by atoms with Crippen LogP contribution in [0.15, 0.2) is 54.7 Å². The molecule has 0 amide bonds. The van der Waals surface area contributed by atoms with Crippen molar-refractivity contribution in [3.8, 4) is 17.4 Å². The lowest BCUT2D eigenvalue weighted by atomic mass is 10.2. The van der Waals surface area contributed by atoms with Crippen molar-refractivity contribution in [2.24, 2.45) is 0 Å². The van der Waals surface area contributed by atoms with Gasteiger partial charge in [-0.3, -0.25) is 0 Å². The Bertz CT molecular complexity index is 1070. The Hall–Kier alpha value is -3.75. The number of nitrogens with zero attached hydrogens (tertiary/aromatic N) is 6. The van der Waals surface area contributed by atoms with Gasteiger partial charge in [-0.1, -0.05) is 25.1 Å². The summed E-state index contributed by atoms with van der Waals surface area (Å²) < 4.78 is 13.2. The molecule has 3 aromatic heterocycles. The van der Waals surface area contributed by atoms with Crippen molar-refractivity contribution in [2.45, 2.75) is 19.9 Å². The number of pyridine rings is 1. The number of hydrogen-bond donors (Lipinski definition) is 1. The summed E-state index contributed by atoms with van der Waals surface area (Å²) in [5, 5.41) is 18.8. The predicted molar refractivity (Wildman–Crippen MR) is 102 cm³/mol. The zero-order valence-electron chi connectivity index (χ0n) is 15.3. The Morgan fingerprint density at radius 3 is 2.82 bits per heavy atom. The third kappa shape index (κ3) is 3.98. The molecule has 9 heteroatoms. The third-order valence-electron chi connectivity index (χ3n) is 3.90. The minimum absolute atomic E-state index is 0.474. The van der Waals surface area contributed by atoms with Crippen molar-refractivity contribution < 1.29 is 9.47 Å². The molecule has 0 bridgehead atoms. The maximum Gasteiger partial charge on any atom is 0.224 e. The molecule has 9 nitrogen and oxygen atoms in total. The maximum absolute atomic E-state index is 6.05. The fraction of sp³-hybridized carbons (Fsp3) is 0.211. The highest BCUT2D eigenvalue weighted by Crippen LogP contribution is 2.32. The van der Waals surface area contributed by atoms with E-state index in [-0.39, 0.29) is 0 Å². The SMILES string of the molecule is CCCOc1ccccc1Oc1ncccc1CNc1ccc2nnnn2n1. The van der Waals surface area contributed by atoms with Crippen LogP contribution in [-0.4, -0.2) is 36.8 Å². The summed E-state index contributed by atoms with van der Waals surface area (Å²) in [6, 6.07) is 15.0. The number of tetrazole rings is 1. The first kappa shape index (κ1) is 17.7. The standard InChI is InChI=1S/C19H19N7O2/c1-2-12-27-15-7-3-4-8-16(15)28-19-14(6-5-11-20-19)13-21-17-9-10-18-22-24-25-26(18)23-17/h3-11H,2,12-13H2,1H3,(H,21,23). The molecule has 28 heavy (non-hydrogen) atoms. The summed E-state index contributed by atoms with van der Waals surface area (Å²) in [4.78, 5) is 4.37. The zero-order chi connectivity index (χ0) is 19.2. The van der Waals surface area contributed by atoms with Crippen molar-refractivity contribution in [1.82, 2.24) is 30.2 Å². The fourth-order valence-electron chi connectivity index (χ4n) is 2.55. The van der Waals surface area contributed by atoms with Gasteiger partial charge in [-0.25, -0.2) is 4.98 Å². The van der Waals surface area contributed by atoms with Crippen LogP contribution >= 0.6 is 0 Å². The van der Waals surface area contributed by atoms with Gasteiger partial charge in [0.15, 0.2) is 17.1 Å². The molecule has 4 aromatic rings. The molecular formula is C19H19N7O2. The van der Waals surface area contributed by atoms with E-state index in [4.69, 9.17) is 9.47 Å². The van der Waals surface area contributed by atoms with E-state index < -0.39 is 0 Å². The molecule has 0 fully saturated rings. The number of fused-ring (bicyclic) bond motifs is 1. The molecule has 0 saturated carbocycles. The quantitative estimate of drug-likeness (QED) is 0.500. The van der Waals surface area contributed by atoms with Gasteiger partial charge in [0.1, 0.15) is 5.82 Å². The minimum Gasteiger partial charge on any atom is -0.490 e. The van der Waals surface area contributed by atoms with E-state index in [1.165, 1.54) is 4.63 Å². The average Bonchev–Trinajstić information content (AvgIpc) is 3.20. The van der Waals surface area contributed by atoms with Crippen molar-refractivity contribution in [3.05, 3.63) is 60.3 Å². The summed E-state index contributed by atoms with van der Waals surface area (Å²) in [5.74, 6) is 2.47. The number of benzene rings is 1. The van der Waals surface area contributed by atoms with Gasteiger partial charge in [0.25, 0.3) is 0 Å².